The number of hydrogen-bond donors (Lipinski definition) is 1. The van der Waals surface area contributed by atoms with Gasteiger partial charge in [-0.25, -0.2) is 4.98 Å². The van der Waals surface area contributed by atoms with E-state index in [1.165, 1.54) is 0 Å². The Morgan fingerprint density at radius 1 is 1.14 bits per heavy atom. The molecule has 0 unspecified atom stereocenters. The first kappa shape index (κ1) is 13.5. The van der Waals surface area contributed by atoms with E-state index in [9.17, 15) is 0 Å². The van der Waals surface area contributed by atoms with E-state index in [4.69, 9.17) is 33.3 Å². The SMILES string of the molecule is S=c1nc(Cc2ccc3c(c2)OCO3)c2cc(Cl)ccc2[nH]1. The zero-order valence-corrected chi connectivity index (χ0v) is 13.0. The maximum Gasteiger partial charge on any atom is 0.231 e. The lowest BCUT2D eigenvalue weighted by atomic mass is 10.1. The molecular formula is C16H11ClN2O2S. The van der Waals surface area contributed by atoms with Gasteiger partial charge < -0.3 is 14.5 Å². The highest BCUT2D eigenvalue weighted by atomic mass is 35.5. The van der Waals surface area contributed by atoms with E-state index in [1.54, 1.807) is 0 Å². The molecule has 6 heteroatoms. The summed E-state index contributed by atoms with van der Waals surface area (Å²) in [5.74, 6) is 1.54. The van der Waals surface area contributed by atoms with Gasteiger partial charge in [-0.2, -0.15) is 0 Å². The Hall–Kier alpha value is -2.11. The molecule has 0 atom stereocenters. The topological polar surface area (TPSA) is 47.1 Å². The summed E-state index contributed by atoms with van der Waals surface area (Å²) in [5.41, 5.74) is 2.90. The van der Waals surface area contributed by atoms with Crippen molar-refractivity contribution in [3.8, 4) is 11.5 Å². The van der Waals surface area contributed by atoms with Crippen LogP contribution in [0.5, 0.6) is 11.5 Å². The molecule has 0 saturated heterocycles. The Balaban J connectivity index is 1.81. The number of aromatic nitrogens is 2. The summed E-state index contributed by atoms with van der Waals surface area (Å²) in [7, 11) is 0. The van der Waals surface area contributed by atoms with Crippen LogP contribution in [0.4, 0.5) is 0 Å². The van der Waals surface area contributed by atoms with Gasteiger partial charge in [0, 0.05) is 22.3 Å². The lowest BCUT2D eigenvalue weighted by molar-refractivity contribution is 0.174. The molecule has 0 amide bonds. The van der Waals surface area contributed by atoms with Gasteiger partial charge in [-0.3, -0.25) is 0 Å². The number of aromatic amines is 1. The molecule has 0 saturated carbocycles. The first-order chi connectivity index (χ1) is 10.7. The van der Waals surface area contributed by atoms with Gasteiger partial charge in [0.15, 0.2) is 16.3 Å². The zero-order valence-electron chi connectivity index (χ0n) is 11.4. The molecule has 0 radical (unpaired) electrons. The summed E-state index contributed by atoms with van der Waals surface area (Å²) in [6.45, 7) is 0.270. The third-order valence-corrected chi connectivity index (χ3v) is 4.01. The normalized spacial score (nSPS) is 12.8. The fraction of sp³-hybridized carbons (Fsp3) is 0.125. The molecule has 1 aliphatic rings. The van der Waals surface area contributed by atoms with Crippen LogP contribution in [0.3, 0.4) is 0 Å². The number of nitrogens with one attached hydrogen (secondary N) is 1. The number of nitrogens with zero attached hydrogens (tertiary/aromatic N) is 1. The Morgan fingerprint density at radius 2 is 2.00 bits per heavy atom. The van der Waals surface area contributed by atoms with Crippen molar-refractivity contribution >= 4 is 34.7 Å². The van der Waals surface area contributed by atoms with Gasteiger partial charge in [-0.15, -0.1) is 0 Å². The smallest absolute Gasteiger partial charge is 0.231 e. The van der Waals surface area contributed by atoms with Crippen LogP contribution in [-0.4, -0.2) is 16.8 Å². The number of ether oxygens (including phenoxy) is 2. The van der Waals surface area contributed by atoms with Crippen LogP contribution in [0.25, 0.3) is 10.9 Å². The Labute approximate surface area is 136 Å². The highest BCUT2D eigenvalue weighted by Gasteiger charge is 2.14. The van der Waals surface area contributed by atoms with E-state index in [0.717, 1.165) is 33.7 Å². The van der Waals surface area contributed by atoms with Crippen molar-refractivity contribution in [1.82, 2.24) is 9.97 Å². The van der Waals surface area contributed by atoms with Gasteiger partial charge in [0.2, 0.25) is 6.79 Å². The summed E-state index contributed by atoms with van der Waals surface area (Å²) >= 11 is 11.3. The Bertz CT molecular complexity index is 939. The fourth-order valence-corrected chi connectivity index (χ4v) is 2.96. The molecule has 2 aromatic carbocycles. The van der Waals surface area contributed by atoms with E-state index in [1.807, 2.05) is 36.4 Å². The minimum Gasteiger partial charge on any atom is -0.454 e. The number of hydrogen-bond acceptors (Lipinski definition) is 4. The first-order valence-corrected chi connectivity index (χ1v) is 7.55. The second kappa shape index (κ2) is 5.26. The average Bonchev–Trinajstić information content (AvgIpc) is 2.95. The van der Waals surface area contributed by atoms with E-state index in [-0.39, 0.29) is 6.79 Å². The third-order valence-electron chi connectivity index (χ3n) is 3.58. The number of fused-ring (bicyclic) bond motifs is 2. The van der Waals surface area contributed by atoms with Crippen LogP contribution in [-0.2, 0) is 6.42 Å². The minimum absolute atomic E-state index is 0.270. The van der Waals surface area contributed by atoms with Gasteiger partial charge >= 0.3 is 0 Å². The second-order valence-corrected chi connectivity index (χ2v) is 5.87. The fourth-order valence-electron chi connectivity index (χ4n) is 2.57. The van der Waals surface area contributed by atoms with Gasteiger partial charge in [0.05, 0.1) is 5.69 Å². The van der Waals surface area contributed by atoms with E-state index in [0.29, 0.717) is 16.2 Å². The standard InChI is InChI=1S/C16H11ClN2O2S/c17-10-2-3-12-11(7-10)13(19-16(22)18-12)5-9-1-4-14-15(6-9)21-8-20-14/h1-4,6-7H,5,8H2,(H,18,19,22). The van der Waals surface area contributed by atoms with E-state index < -0.39 is 0 Å². The molecule has 0 bridgehead atoms. The monoisotopic (exact) mass is 330 g/mol. The number of rotatable bonds is 2. The van der Waals surface area contributed by atoms with Crippen LogP contribution in [0.1, 0.15) is 11.3 Å². The van der Waals surface area contributed by atoms with Gasteiger partial charge in [0.25, 0.3) is 0 Å². The number of benzene rings is 2. The molecule has 0 spiro atoms. The van der Waals surface area contributed by atoms with Crippen LogP contribution >= 0.6 is 23.8 Å². The molecule has 4 nitrogen and oxygen atoms in total. The Kier molecular flexibility index (Phi) is 3.24. The lowest BCUT2D eigenvalue weighted by Crippen LogP contribution is -1.97. The molecule has 0 fully saturated rings. The molecule has 110 valence electrons. The number of halogens is 1. The predicted octanol–water partition coefficient (Wildman–Crippen LogP) is 4.27. The van der Waals surface area contributed by atoms with Crippen molar-refractivity contribution in [3.63, 3.8) is 0 Å². The van der Waals surface area contributed by atoms with Crippen molar-refractivity contribution in [2.45, 2.75) is 6.42 Å². The largest absolute Gasteiger partial charge is 0.454 e. The van der Waals surface area contributed by atoms with Crippen LogP contribution in [0, 0.1) is 4.77 Å². The highest BCUT2D eigenvalue weighted by molar-refractivity contribution is 7.71. The van der Waals surface area contributed by atoms with Crippen molar-refractivity contribution in [2.24, 2.45) is 0 Å². The van der Waals surface area contributed by atoms with Crippen LogP contribution in [0.2, 0.25) is 5.02 Å². The van der Waals surface area contributed by atoms with Crippen LogP contribution < -0.4 is 9.47 Å². The summed E-state index contributed by atoms with van der Waals surface area (Å²) in [5, 5.41) is 1.64. The quantitative estimate of drug-likeness (QED) is 0.713. The molecule has 1 aliphatic heterocycles. The van der Waals surface area contributed by atoms with Crippen molar-refractivity contribution in [1.29, 1.82) is 0 Å². The van der Waals surface area contributed by atoms with Crippen molar-refractivity contribution in [2.75, 3.05) is 6.79 Å². The van der Waals surface area contributed by atoms with Crippen LogP contribution in [0.15, 0.2) is 36.4 Å². The second-order valence-electron chi connectivity index (χ2n) is 5.04. The maximum absolute atomic E-state index is 6.11. The van der Waals surface area contributed by atoms with Crippen molar-refractivity contribution < 1.29 is 9.47 Å². The first-order valence-electron chi connectivity index (χ1n) is 6.76. The Morgan fingerprint density at radius 3 is 2.91 bits per heavy atom. The lowest BCUT2D eigenvalue weighted by Gasteiger charge is -2.07. The van der Waals surface area contributed by atoms with Crippen molar-refractivity contribution in [3.05, 3.63) is 57.4 Å². The van der Waals surface area contributed by atoms with Gasteiger partial charge in [-0.05, 0) is 48.1 Å². The predicted molar refractivity (Wildman–Crippen MR) is 87.3 cm³/mol. The molecular weight excluding hydrogens is 320 g/mol. The minimum atomic E-state index is 0.270. The highest BCUT2D eigenvalue weighted by Crippen LogP contribution is 2.33. The third kappa shape index (κ3) is 2.42. The molecule has 1 aromatic heterocycles. The average molecular weight is 331 g/mol. The van der Waals surface area contributed by atoms with E-state index >= 15 is 0 Å². The summed E-state index contributed by atoms with van der Waals surface area (Å²) in [4.78, 5) is 7.54. The molecule has 4 rings (SSSR count). The van der Waals surface area contributed by atoms with Gasteiger partial charge in [-0.1, -0.05) is 17.7 Å². The molecule has 1 N–H and O–H groups in total. The van der Waals surface area contributed by atoms with Gasteiger partial charge in [0.1, 0.15) is 0 Å². The number of H-pyrrole nitrogens is 1. The maximum atomic E-state index is 6.11. The summed E-state index contributed by atoms with van der Waals surface area (Å²) in [6.07, 6.45) is 0.645. The molecule has 22 heavy (non-hydrogen) atoms. The molecule has 2 heterocycles. The molecule has 0 aliphatic carbocycles. The summed E-state index contributed by atoms with van der Waals surface area (Å²) in [6, 6.07) is 11.5. The van der Waals surface area contributed by atoms with E-state index in [2.05, 4.69) is 9.97 Å². The zero-order chi connectivity index (χ0) is 15.1. The molecule has 3 aromatic rings. The summed E-state index contributed by atoms with van der Waals surface area (Å²) < 4.78 is 11.2.